The molecule has 0 aliphatic carbocycles. The van der Waals surface area contributed by atoms with Crippen molar-refractivity contribution in [1.82, 2.24) is 25.5 Å². The van der Waals surface area contributed by atoms with Gasteiger partial charge in [-0.15, -0.1) is 0 Å². The fourth-order valence-corrected chi connectivity index (χ4v) is 4.92. The van der Waals surface area contributed by atoms with Crippen molar-refractivity contribution in [2.75, 3.05) is 19.6 Å². The third-order valence-corrected chi connectivity index (χ3v) is 7.14. The number of carbonyl (C=O) groups excluding carboxylic acids is 1. The van der Waals surface area contributed by atoms with Crippen LogP contribution >= 0.6 is 11.6 Å². The molecule has 1 saturated heterocycles. The molecule has 6 nitrogen and oxygen atoms in total. The van der Waals surface area contributed by atoms with Crippen LogP contribution in [0.5, 0.6) is 0 Å². The summed E-state index contributed by atoms with van der Waals surface area (Å²) in [7, 11) is 0. The normalized spacial score (nSPS) is 19.5. The van der Waals surface area contributed by atoms with E-state index in [9.17, 15) is 13.6 Å². The number of rotatable bonds is 4. The minimum Gasteiger partial charge on any atom is -0.333 e. The molecule has 2 atom stereocenters. The Morgan fingerprint density at radius 3 is 2.89 bits per heavy atom. The number of aryl methyl sites for hydroxylation is 1. The first-order chi connectivity index (χ1) is 16.9. The van der Waals surface area contributed by atoms with Gasteiger partial charge in [0.25, 0.3) is 0 Å². The van der Waals surface area contributed by atoms with E-state index in [1.165, 1.54) is 18.2 Å². The van der Waals surface area contributed by atoms with Gasteiger partial charge in [-0.25, -0.2) is 23.5 Å². The molecule has 5 rings (SSSR count). The van der Waals surface area contributed by atoms with E-state index in [0.717, 1.165) is 27.9 Å². The SMILES string of the molecule is Cc1cc(F)ccc1Cc1ncc2c(n1)CN(C(=O)N[C@@H]1CNC[C@H]1c1ccc(Cl)c(F)c1)CC2. The summed E-state index contributed by atoms with van der Waals surface area (Å²) in [6.45, 7) is 4.08. The van der Waals surface area contributed by atoms with Crippen LogP contribution in [0, 0.1) is 18.6 Å². The monoisotopic (exact) mass is 497 g/mol. The van der Waals surface area contributed by atoms with Crippen LogP contribution in [0.15, 0.2) is 42.6 Å². The Labute approximate surface area is 207 Å². The first-order valence-corrected chi connectivity index (χ1v) is 12.0. The number of benzene rings is 2. The molecule has 3 heterocycles. The Morgan fingerprint density at radius 1 is 1.23 bits per heavy atom. The van der Waals surface area contributed by atoms with E-state index in [0.29, 0.717) is 44.8 Å². The van der Waals surface area contributed by atoms with Crippen LogP contribution in [0.3, 0.4) is 0 Å². The molecule has 2 aliphatic rings. The molecule has 1 aromatic heterocycles. The van der Waals surface area contributed by atoms with Crippen molar-refractivity contribution in [3.05, 3.63) is 93.0 Å². The predicted molar refractivity (Wildman–Crippen MR) is 129 cm³/mol. The molecule has 35 heavy (non-hydrogen) atoms. The van der Waals surface area contributed by atoms with Gasteiger partial charge in [0.05, 0.1) is 23.3 Å². The van der Waals surface area contributed by atoms with E-state index in [2.05, 4.69) is 15.6 Å². The number of fused-ring (bicyclic) bond motifs is 1. The minimum atomic E-state index is -0.458. The average molecular weight is 498 g/mol. The lowest BCUT2D eigenvalue weighted by atomic mass is 9.94. The van der Waals surface area contributed by atoms with Crippen molar-refractivity contribution in [2.45, 2.75) is 38.3 Å². The molecule has 9 heteroatoms. The molecule has 2 amide bonds. The fourth-order valence-electron chi connectivity index (χ4n) is 4.80. The van der Waals surface area contributed by atoms with Crippen molar-refractivity contribution in [2.24, 2.45) is 0 Å². The summed E-state index contributed by atoms with van der Waals surface area (Å²) in [6, 6.07) is 9.17. The van der Waals surface area contributed by atoms with Crippen LogP contribution in [0.1, 0.15) is 39.7 Å². The summed E-state index contributed by atoms with van der Waals surface area (Å²) >= 11 is 5.83. The zero-order valence-electron chi connectivity index (χ0n) is 19.3. The Balaban J connectivity index is 1.26. The molecular weight excluding hydrogens is 472 g/mol. The van der Waals surface area contributed by atoms with Crippen LogP contribution in [0.2, 0.25) is 5.02 Å². The lowest BCUT2D eigenvalue weighted by Gasteiger charge is -2.30. The quantitative estimate of drug-likeness (QED) is 0.568. The van der Waals surface area contributed by atoms with Gasteiger partial charge in [-0.2, -0.15) is 0 Å². The topological polar surface area (TPSA) is 70.2 Å². The van der Waals surface area contributed by atoms with E-state index >= 15 is 0 Å². The standard InChI is InChI=1S/C26H26ClF2N5O/c1-15-8-19(28)4-2-16(15)10-25-31-11-18-6-7-34(14-24(18)32-25)26(35)33-23-13-30-12-20(23)17-3-5-21(27)22(29)9-17/h2-5,8-9,11,20,23,30H,6-7,10,12-14H2,1H3,(H,33,35)/t20-,23+/m0/s1. The summed E-state index contributed by atoms with van der Waals surface area (Å²) in [5.41, 5.74) is 4.49. The molecule has 0 unspecified atom stereocenters. The zero-order valence-corrected chi connectivity index (χ0v) is 20.1. The number of nitrogens with one attached hydrogen (secondary N) is 2. The maximum Gasteiger partial charge on any atom is 0.318 e. The van der Waals surface area contributed by atoms with Gasteiger partial charge in [-0.05, 0) is 59.9 Å². The van der Waals surface area contributed by atoms with Gasteiger partial charge in [0.1, 0.15) is 17.5 Å². The zero-order chi connectivity index (χ0) is 24.5. The molecule has 0 spiro atoms. The lowest BCUT2D eigenvalue weighted by molar-refractivity contribution is 0.187. The molecule has 0 radical (unpaired) electrons. The van der Waals surface area contributed by atoms with Crippen molar-refractivity contribution < 1.29 is 13.6 Å². The lowest BCUT2D eigenvalue weighted by Crippen LogP contribution is -2.48. The molecule has 0 bridgehead atoms. The maximum atomic E-state index is 14.0. The number of aromatic nitrogens is 2. The van der Waals surface area contributed by atoms with Crippen LogP contribution in [-0.2, 0) is 19.4 Å². The summed E-state index contributed by atoms with van der Waals surface area (Å²) in [5, 5.41) is 6.49. The second kappa shape index (κ2) is 9.87. The van der Waals surface area contributed by atoms with Crippen molar-refractivity contribution in [3.63, 3.8) is 0 Å². The van der Waals surface area contributed by atoms with E-state index < -0.39 is 5.82 Å². The van der Waals surface area contributed by atoms with Crippen LogP contribution in [0.25, 0.3) is 0 Å². The Hall–Kier alpha value is -3.10. The first-order valence-electron chi connectivity index (χ1n) is 11.7. The summed E-state index contributed by atoms with van der Waals surface area (Å²) in [5.74, 6) is -0.124. The van der Waals surface area contributed by atoms with Gasteiger partial charge >= 0.3 is 6.03 Å². The number of halogens is 3. The van der Waals surface area contributed by atoms with Crippen molar-refractivity contribution in [1.29, 1.82) is 0 Å². The summed E-state index contributed by atoms with van der Waals surface area (Å²) < 4.78 is 27.4. The van der Waals surface area contributed by atoms with Crippen molar-refractivity contribution in [3.8, 4) is 0 Å². The van der Waals surface area contributed by atoms with Crippen molar-refractivity contribution >= 4 is 17.6 Å². The Kier molecular flexibility index (Phi) is 6.67. The Morgan fingerprint density at radius 2 is 2.09 bits per heavy atom. The average Bonchev–Trinajstić information content (AvgIpc) is 3.30. The molecule has 3 aromatic rings. The van der Waals surface area contributed by atoms with Gasteiger partial charge in [-0.3, -0.25) is 0 Å². The molecule has 0 saturated carbocycles. The highest BCUT2D eigenvalue weighted by Crippen LogP contribution is 2.27. The second-order valence-corrected chi connectivity index (χ2v) is 9.58. The van der Waals surface area contributed by atoms with Gasteiger partial charge in [0.2, 0.25) is 0 Å². The van der Waals surface area contributed by atoms with E-state index in [-0.39, 0.29) is 28.8 Å². The summed E-state index contributed by atoms with van der Waals surface area (Å²) in [6.07, 6.45) is 3.00. The second-order valence-electron chi connectivity index (χ2n) is 9.17. The predicted octanol–water partition coefficient (Wildman–Crippen LogP) is 4.13. The third kappa shape index (κ3) is 5.13. The largest absolute Gasteiger partial charge is 0.333 e. The highest BCUT2D eigenvalue weighted by atomic mass is 35.5. The van der Waals surface area contributed by atoms with Gasteiger partial charge in [0, 0.05) is 38.2 Å². The maximum absolute atomic E-state index is 14.0. The first kappa shape index (κ1) is 23.6. The molecule has 182 valence electrons. The van der Waals surface area contributed by atoms with Crippen LogP contribution < -0.4 is 10.6 Å². The highest BCUT2D eigenvalue weighted by Gasteiger charge is 2.32. The molecule has 1 fully saturated rings. The van der Waals surface area contributed by atoms with Crippen LogP contribution in [-0.4, -0.2) is 46.6 Å². The smallest absolute Gasteiger partial charge is 0.318 e. The van der Waals surface area contributed by atoms with E-state index in [1.807, 2.05) is 13.1 Å². The van der Waals surface area contributed by atoms with Gasteiger partial charge < -0.3 is 15.5 Å². The third-order valence-electron chi connectivity index (χ3n) is 6.83. The number of amides is 2. The molecule has 2 aliphatic heterocycles. The molecule has 2 aromatic carbocycles. The number of nitrogens with zero attached hydrogens (tertiary/aromatic N) is 3. The highest BCUT2D eigenvalue weighted by molar-refractivity contribution is 6.30. The fraction of sp³-hybridized carbons (Fsp3) is 0.346. The van der Waals surface area contributed by atoms with Gasteiger partial charge in [-0.1, -0.05) is 23.7 Å². The number of hydrogen-bond donors (Lipinski definition) is 2. The van der Waals surface area contributed by atoms with Crippen LogP contribution in [0.4, 0.5) is 13.6 Å². The number of urea groups is 1. The van der Waals surface area contributed by atoms with E-state index in [4.69, 9.17) is 16.6 Å². The Bertz CT molecular complexity index is 1270. The van der Waals surface area contributed by atoms with E-state index in [1.54, 1.807) is 23.1 Å². The molecular formula is C26H26ClF2N5O. The minimum absolute atomic E-state index is 0.0457. The molecule has 2 N–H and O–H groups in total. The summed E-state index contributed by atoms with van der Waals surface area (Å²) in [4.78, 5) is 24.1. The number of carbonyl (C=O) groups is 1. The number of hydrogen-bond acceptors (Lipinski definition) is 4. The van der Waals surface area contributed by atoms with Gasteiger partial charge in [0.15, 0.2) is 0 Å².